The molecule has 2 rings (SSSR count). The molecule has 2 unspecified atom stereocenters. The van der Waals surface area contributed by atoms with Crippen molar-refractivity contribution < 1.29 is 19.1 Å². The van der Waals surface area contributed by atoms with E-state index in [9.17, 15) is 9.59 Å². The van der Waals surface area contributed by atoms with E-state index < -0.39 is 11.9 Å². The fourth-order valence-electron chi connectivity index (χ4n) is 2.34. The molecule has 1 aromatic carbocycles. The fraction of sp³-hybridized carbons (Fsp3) is 0.333. The molecule has 3 N–H and O–H groups in total. The molecule has 1 heterocycles. The summed E-state index contributed by atoms with van der Waals surface area (Å²) < 4.78 is 5.01. The van der Waals surface area contributed by atoms with Crippen LogP contribution in [0.15, 0.2) is 53.1 Å². The summed E-state index contributed by atoms with van der Waals surface area (Å²) in [5.74, 6) is -0.564. The van der Waals surface area contributed by atoms with Crippen LogP contribution in [0.25, 0.3) is 0 Å². The molecule has 0 fully saturated rings. The van der Waals surface area contributed by atoms with Crippen LogP contribution in [0, 0.1) is 0 Å². The first-order valence-corrected chi connectivity index (χ1v) is 7.92. The van der Waals surface area contributed by atoms with Crippen molar-refractivity contribution in [3.05, 3.63) is 60.1 Å². The van der Waals surface area contributed by atoms with E-state index in [0.717, 1.165) is 5.56 Å². The minimum absolute atomic E-state index is 0.0595. The second kappa shape index (κ2) is 8.88. The summed E-state index contributed by atoms with van der Waals surface area (Å²) >= 11 is 0. The summed E-state index contributed by atoms with van der Waals surface area (Å²) in [6.45, 7) is 1.67. The third-order valence-electron chi connectivity index (χ3n) is 3.66. The van der Waals surface area contributed by atoms with Gasteiger partial charge in [-0.05, 0) is 37.5 Å². The van der Waals surface area contributed by atoms with Gasteiger partial charge in [-0.2, -0.15) is 0 Å². The zero-order valence-corrected chi connectivity index (χ0v) is 13.6. The van der Waals surface area contributed by atoms with Crippen LogP contribution in [0.3, 0.4) is 0 Å². The third kappa shape index (κ3) is 4.96. The van der Waals surface area contributed by atoms with Crippen molar-refractivity contribution in [3.8, 4) is 0 Å². The van der Waals surface area contributed by atoms with E-state index in [1.807, 2.05) is 30.3 Å². The Labute approximate surface area is 140 Å². The highest BCUT2D eigenvalue weighted by Crippen LogP contribution is 2.18. The molecular formula is C18H22N2O4. The van der Waals surface area contributed by atoms with Crippen LogP contribution in [0.2, 0.25) is 0 Å². The predicted octanol–water partition coefficient (Wildman–Crippen LogP) is 2.03. The van der Waals surface area contributed by atoms with Gasteiger partial charge in [0.05, 0.1) is 12.3 Å². The summed E-state index contributed by atoms with van der Waals surface area (Å²) in [6, 6.07) is 11.8. The van der Waals surface area contributed by atoms with Crippen molar-refractivity contribution in [3.63, 3.8) is 0 Å². The Morgan fingerprint density at radius 3 is 2.50 bits per heavy atom. The quantitative estimate of drug-likeness (QED) is 0.690. The predicted molar refractivity (Wildman–Crippen MR) is 89.3 cm³/mol. The Bertz CT molecular complexity index is 640. The van der Waals surface area contributed by atoms with E-state index in [2.05, 4.69) is 10.6 Å². The van der Waals surface area contributed by atoms with Gasteiger partial charge in [0.2, 0.25) is 5.91 Å². The third-order valence-corrected chi connectivity index (χ3v) is 3.66. The Hall–Kier alpha value is -2.60. The summed E-state index contributed by atoms with van der Waals surface area (Å²) in [5.41, 5.74) is 0.962. The van der Waals surface area contributed by atoms with Crippen LogP contribution in [0.1, 0.15) is 41.9 Å². The molecule has 6 heteroatoms. The Morgan fingerprint density at radius 1 is 1.12 bits per heavy atom. The highest BCUT2D eigenvalue weighted by atomic mass is 16.3. The average Bonchev–Trinajstić information content (AvgIpc) is 3.13. The topological polar surface area (TPSA) is 91.6 Å². The van der Waals surface area contributed by atoms with E-state index in [1.165, 1.54) is 12.3 Å². The Balaban J connectivity index is 1.97. The maximum Gasteiger partial charge on any atom is 0.287 e. The molecule has 24 heavy (non-hydrogen) atoms. The van der Waals surface area contributed by atoms with Crippen LogP contribution in [-0.2, 0) is 4.79 Å². The van der Waals surface area contributed by atoms with Crippen LogP contribution in [-0.4, -0.2) is 29.6 Å². The molecule has 0 aliphatic carbocycles. The smallest absolute Gasteiger partial charge is 0.287 e. The first-order valence-electron chi connectivity index (χ1n) is 7.92. The van der Waals surface area contributed by atoms with Crippen LogP contribution in [0.4, 0.5) is 0 Å². The lowest BCUT2D eigenvalue weighted by Gasteiger charge is -2.21. The molecular weight excluding hydrogens is 308 g/mol. The number of carbonyl (C=O) groups is 2. The fourth-order valence-corrected chi connectivity index (χ4v) is 2.34. The molecule has 0 spiro atoms. The van der Waals surface area contributed by atoms with Gasteiger partial charge in [-0.15, -0.1) is 0 Å². The van der Waals surface area contributed by atoms with E-state index in [0.29, 0.717) is 12.8 Å². The zero-order chi connectivity index (χ0) is 17.4. The van der Waals surface area contributed by atoms with Crippen molar-refractivity contribution in [1.29, 1.82) is 0 Å². The van der Waals surface area contributed by atoms with Crippen LogP contribution in [0.5, 0.6) is 0 Å². The number of aliphatic hydroxyl groups is 1. The number of amides is 2. The Morgan fingerprint density at radius 2 is 1.88 bits per heavy atom. The summed E-state index contributed by atoms with van der Waals surface area (Å²) in [6.07, 6.45) is 2.60. The van der Waals surface area contributed by atoms with E-state index in [1.54, 1.807) is 13.0 Å². The van der Waals surface area contributed by atoms with Gasteiger partial charge in [0, 0.05) is 6.61 Å². The molecule has 2 amide bonds. The molecule has 0 saturated carbocycles. The minimum Gasteiger partial charge on any atom is -0.459 e. The number of aliphatic hydroxyl groups excluding tert-OH is 1. The average molecular weight is 330 g/mol. The second-order valence-electron chi connectivity index (χ2n) is 5.51. The molecule has 2 atom stereocenters. The van der Waals surface area contributed by atoms with Crippen molar-refractivity contribution in [2.24, 2.45) is 0 Å². The van der Waals surface area contributed by atoms with Gasteiger partial charge >= 0.3 is 0 Å². The summed E-state index contributed by atoms with van der Waals surface area (Å²) in [4.78, 5) is 24.3. The van der Waals surface area contributed by atoms with Gasteiger partial charge in [-0.1, -0.05) is 30.3 Å². The van der Waals surface area contributed by atoms with E-state index in [-0.39, 0.29) is 24.3 Å². The van der Waals surface area contributed by atoms with Crippen LogP contribution >= 0.6 is 0 Å². The zero-order valence-electron chi connectivity index (χ0n) is 13.6. The lowest BCUT2D eigenvalue weighted by Crippen LogP contribution is -2.45. The molecule has 6 nitrogen and oxygen atoms in total. The Kier molecular flexibility index (Phi) is 6.57. The lowest BCUT2D eigenvalue weighted by molar-refractivity contribution is -0.123. The number of furan rings is 1. The number of hydrogen-bond acceptors (Lipinski definition) is 4. The second-order valence-corrected chi connectivity index (χ2v) is 5.51. The van der Waals surface area contributed by atoms with Gasteiger partial charge in [-0.3, -0.25) is 9.59 Å². The van der Waals surface area contributed by atoms with Crippen molar-refractivity contribution in [2.75, 3.05) is 6.61 Å². The van der Waals surface area contributed by atoms with E-state index in [4.69, 9.17) is 9.52 Å². The largest absolute Gasteiger partial charge is 0.459 e. The molecule has 0 saturated heterocycles. The highest BCUT2D eigenvalue weighted by molar-refractivity contribution is 5.95. The number of benzene rings is 1. The molecule has 128 valence electrons. The number of hydrogen-bond donors (Lipinski definition) is 3. The van der Waals surface area contributed by atoms with Crippen molar-refractivity contribution >= 4 is 11.8 Å². The van der Waals surface area contributed by atoms with Gasteiger partial charge < -0.3 is 20.2 Å². The molecule has 0 radical (unpaired) electrons. The standard InChI is InChI=1S/C18H22N2O4/c1-13(19-18(23)16-10-6-12-24-16)17(22)20-15(9-5-11-21)14-7-3-2-4-8-14/h2-4,6-8,10,12-13,15,21H,5,9,11H2,1H3,(H,19,23)(H,20,22). The normalized spacial score (nSPS) is 13.1. The maximum absolute atomic E-state index is 12.4. The molecule has 0 aliphatic rings. The molecule has 0 aliphatic heterocycles. The van der Waals surface area contributed by atoms with Crippen molar-refractivity contribution in [1.82, 2.24) is 10.6 Å². The van der Waals surface area contributed by atoms with Gasteiger partial charge in [0.1, 0.15) is 6.04 Å². The number of nitrogens with one attached hydrogen (secondary N) is 2. The SMILES string of the molecule is CC(NC(=O)c1ccco1)C(=O)NC(CCCO)c1ccccc1. The monoisotopic (exact) mass is 330 g/mol. The molecule has 2 aromatic rings. The molecule has 0 bridgehead atoms. The van der Waals surface area contributed by atoms with Gasteiger partial charge in [0.25, 0.3) is 5.91 Å². The van der Waals surface area contributed by atoms with Crippen LogP contribution < -0.4 is 10.6 Å². The van der Waals surface area contributed by atoms with Gasteiger partial charge in [-0.25, -0.2) is 0 Å². The van der Waals surface area contributed by atoms with E-state index >= 15 is 0 Å². The van der Waals surface area contributed by atoms with Gasteiger partial charge in [0.15, 0.2) is 5.76 Å². The first-order chi connectivity index (χ1) is 11.6. The first kappa shape index (κ1) is 17.7. The lowest BCUT2D eigenvalue weighted by atomic mass is 10.0. The van der Waals surface area contributed by atoms with Crippen molar-refractivity contribution in [2.45, 2.75) is 31.8 Å². The summed E-state index contributed by atoms with van der Waals surface area (Å²) in [5, 5.41) is 14.6. The molecule has 1 aromatic heterocycles. The summed E-state index contributed by atoms with van der Waals surface area (Å²) in [7, 11) is 0. The number of rotatable bonds is 8. The maximum atomic E-state index is 12.4. The highest BCUT2D eigenvalue weighted by Gasteiger charge is 2.21. The minimum atomic E-state index is -0.706. The number of carbonyl (C=O) groups excluding carboxylic acids is 2.